The summed E-state index contributed by atoms with van der Waals surface area (Å²) in [5, 5.41) is 2.71. The van der Waals surface area contributed by atoms with Crippen LogP contribution in [0.1, 0.15) is 22.8 Å². The van der Waals surface area contributed by atoms with Crippen LogP contribution in [0.2, 0.25) is 10.0 Å². The maximum Gasteiger partial charge on any atom is 0.264 e. The predicted octanol–water partition coefficient (Wildman–Crippen LogP) is 7.04. The van der Waals surface area contributed by atoms with E-state index in [0.29, 0.717) is 18.7 Å². The van der Waals surface area contributed by atoms with Crippen LogP contribution in [0.25, 0.3) is 44.2 Å². The molecule has 0 aliphatic carbocycles. The highest BCUT2D eigenvalue weighted by Crippen LogP contribution is 2.34. The number of aromatic nitrogens is 3. The van der Waals surface area contributed by atoms with E-state index in [-0.39, 0.29) is 21.2 Å². The lowest BCUT2D eigenvalue weighted by Gasteiger charge is -2.10. The van der Waals surface area contributed by atoms with Crippen molar-refractivity contribution in [2.24, 2.45) is 0 Å². The summed E-state index contributed by atoms with van der Waals surface area (Å²) in [4.78, 5) is 18.0. The van der Waals surface area contributed by atoms with Gasteiger partial charge in [0.25, 0.3) is 5.91 Å². The number of methoxy groups -OCH3 is 1. The first-order chi connectivity index (χ1) is 20.7. The molecule has 2 aromatic heterocycles. The molecule has 2 heterocycles. The van der Waals surface area contributed by atoms with Gasteiger partial charge in [0, 0.05) is 68.7 Å². The van der Waals surface area contributed by atoms with E-state index in [1.165, 1.54) is 10.9 Å². The number of imidazole rings is 1. The molecule has 0 unspecified atom stereocenters. The van der Waals surface area contributed by atoms with Gasteiger partial charge in [0.1, 0.15) is 5.82 Å². The van der Waals surface area contributed by atoms with Crippen molar-refractivity contribution in [3.63, 3.8) is 0 Å². The molecule has 0 spiro atoms. The Morgan fingerprint density at radius 2 is 1.60 bits per heavy atom. The fourth-order valence-electron chi connectivity index (χ4n) is 5.53. The molecule has 0 fully saturated rings. The lowest BCUT2D eigenvalue weighted by atomic mass is 10.1. The van der Waals surface area contributed by atoms with Crippen LogP contribution < -0.4 is 4.72 Å². The summed E-state index contributed by atoms with van der Waals surface area (Å²) < 4.78 is 37.6. The number of carbonyl (C=O) groups is 1. The fourth-order valence-corrected chi connectivity index (χ4v) is 7.38. The van der Waals surface area contributed by atoms with Gasteiger partial charge in [0.15, 0.2) is 0 Å². The molecular weight excluding hydrogens is 607 g/mol. The molecule has 0 aliphatic heterocycles. The average molecular weight is 636 g/mol. The number of para-hydroxylation sites is 1. The number of amides is 1. The quantitative estimate of drug-likeness (QED) is 0.184. The first kappa shape index (κ1) is 29.2. The standard InChI is InChI=1S/C32H28Cl2N4O4S/c1-3-37-28-10-5-4-7-22(28)23-17-20(11-13-29(23)37)31-35-27-18-21(12-14-30(27)38(31)15-16-42-2)32(39)36-43(40,41)19-24-25(33)8-6-9-26(24)34/h4-14,17-18H,3,15-16,19H2,1-2H3,(H,36,39). The van der Waals surface area contributed by atoms with E-state index in [9.17, 15) is 13.2 Å². The van der Waals surface area contributed by atoms with Crippen LogP contribution in [0, 0.1) is 0 Å². The van der Waals surface area contributed by atoms with Crippen LogP contribution in [0.15, 0.2) is 78.9 Å². The van der Waals surface area contributed by atoms with Crippen LogP contribution in [0.4, 0.5) is 0 Å². The number of carbonyl (C=O) groups excluding carboxylic acids is 1. The number of hydrogen-bond donors (Lipinski definition) is 1. The minimum Gasteiger partial charge on any atom is -0.383 e. The number of rotatable bonds is 9. The number of benzene rings is 4. The topological polar surface area (TPSA) is 95.2 Å². The average Bonchev–Trinajstić information content (AvgIpc) is 3.52. The third kappa shape index (κ3) is 5.49. The molecule has 0 bridgehead atoms. The third-order valence-corrected chi connectivity index (χ3v) is 9.39. The van der Waals surface area contributed by atoms with Gasteiger partial charge in [0.05, 0.1) is 23.4 Å². The summed E-state index contributed by atoms with van der Waals surface area (Å²) in [5.41, 5.74) is 4.97. The Bertz CT molecular complexity index is 2120. The molecule has 0 radical (unpaired) electrons. The molecule has 4 aromatic carbocycles. The van der Waals surface area contributed by atoms with Crippen molar-refractivity contribution >= 4 is 72.0 Å². The van der Waals surface area contributed by atoms with Gasteiger partial charge >= 0.3 is 0 Å². The van der Waals surface area contributed by atoms with Crippen LogP contribution in [-0.2, 0) is 33.6 Å². The van der Waals surface area contributed by atoms with E-state index in [2.05, 4.69) is 51.1 Å². The monoisotopic (exact) mass is 634 g/mol. The molecule has 0 atom stereocenters. The van der Waals surface area contributed by atoms with E-state index in [1.54, 1.807) is 43.5 Å². The maximum atomic E-state index is 13.1. The number of nitrogens with one attached hydrogen (secondary N) is 1. The van der Waals surface area contributed by atoms with Crippen LogP contribution in [0.5, 0.6) is 0 Å². The summed E-state index contributed by atoms with van der Waals surface area (Å²) in [6, 6.07) is 24.3. The molecule has 11 heteroatoms. The summed E-state index contributed by atoms with van der Waals surface area (Å²) in [7, 11) is -2.45. The van der Waals surface area contributed by atoms with Crippen LogP contribution in [-0.4, -0.2) is 42.2 Å². The fraction of sp³-hybridized carbons (Fsp3) is 0.188. The first-order valence-electron chi connectivity index (χ1n) is 13.7. The van der Waals surface area contributed by atoms with Gasteiger partial charge in [-0.25, -0.2) is 18.1 Å². The van der Waals surface area contributed by atoms with E-state index < -0.39 is 21.7 Å². The minimum absolute atomic E-state index is 0.158. The maximum absolute atomic E-state index is 13.1. The molecule has 1 amide bonds. The number of fused-ring (bicyclic) bond motifs is 4. The molecule has 0 saturated heterocycles. The predicted molar refractivity (Wildman–Crippen MR) is 172 cm³/mol. The molecule has 220 valence electrons. The van der Waals surface area contributed by atoms with Gasteiger partial charge in [-0.2, -0.15) is 0 Å². The molecule has 0 saturated carbocycles. The van der Waals surface area contributed by atoms with Crippen molar-refractivity contribution in [1.82, 2.24) is 18.8 Å². The van der Waals surface area contributed by atoms with Gasteiger partial charge in [-0.15, -0.1) is 0 Å². The second-order valence-corrected chi connectivity index (χ2v) is 12.7. The molecule has 8 nitrogen and oxygen atoms in total. The molecule has 0 aliphatic rings. The highest BCUT2D eigenvalue weighted by molar-refractivity contribution is 7.89. The molecule has 43 heavy (non-hydrogen) atoms. The second kappa shape index (κ2) is 11.7. The molecule has 6 rings (SSSR count). The Morgan fingerprint density at radius 1 is 0.884 bits per heavy atom. The SMILES string of the molecule is CCn1c2ccccc2c2cc(-c3nc4cc(C(=O)NS(=O)(=O)Cc5c(Cl)cccc5Cl)ccc4n3CCOC)ccc21. The highest BCUT2D eigenvalue weighted by atomic mass is 35.5. The second-order valence-electron chi connectivity index (χ2n) is 10.2. The number of sulfonamides is 1. The summed E-state index contributed by atoms with van der Waals surface area (Å²) in [6.45, 7) is 3.98. The van der Waals surface area contributed by atoms with Crippen LogP contribution in [0.3, 0.4) is 0 Å². The normalized spacial score (nSPS) is 12.0. The van der Waals surface area contributed by atoms with E-state index in [0.717, 1.165) is 34.4 Å². The Morgan fingerprint density at radius 3 is 2.35 bits per heavy atom. The Kier molecular flexibility index (Phi) is 7.91. The largest absolute Gasteiger partial charge is 0.383 e. The van der Waals surface area contributed by atoms with Crippen molar-refractivity contribution in [1.29, 1.82) is 0 Å². The van der Waals surface area contributed by atoms with Gasteiger partial charge in [0.2, 0.25) is 10.0 Å². The molecule has 6 aromatic rings. The Labute approximate surface area is 258 Å². The number of aryl methyl sites for hydroxylation is 1. The first-order valence-corrected chi connectivity index (χ1v) is 16.1. The molecule has 1 N–H and O–H groups in total. The number of halogens is 2. The third-order valence-electron chi connectivity index (χ3n) is 7.52. The van der Waals surface area contributed by atoms with Crippen molar-refractivity contribution in [3.8, 4) is 11.4 Å². The van der Waals surface area contributed by atoms with Crippen molar-refractivity contribution in [3.05, 3.63) is 100 Å². The molecular formula is C32H28Cl2N4O4S. The Balaban J connectivity index is 1.38. The zero-order valence-electron chi connectivity index (χ0n) is 23.5. The van der Waals surface area contributed by atoms with Gasteiger partial charge < -0.3 is 13.9 Å². The highest BCUT2D eigenvalue weighted by Gasteiger charge is 2.22. The van der Waals surface area contributed by atoms with Gasteiger partial charge in [-0.3, -0.25) is 4.79 Å². The van der Waals surface area contributed by atoms with Gasteiger partial charge in [-0.05, 0) is 61.5 Å². The van der Waals surface area contributed by atoms with Crippen molar-refractivity contribution in [2.45, 2.75) is 25.8 Å². The number of ether oxygens (including phenoxy) is 1. The van der Waals surface area contributed by atoms with E-state index in [4.69, 9.17) is 32.9 Å². The Hall–Kier alpha value is -3.89. The lowest BCUT2D eigenvalue weighted by Crippen LogP contribution is -2.31. The number of nitrogens with zero attached hydrogens (tertiary/aromatic N) is 3. The summed E-state index contributed by atoms with van der Waals surface area (Å²) in [6.07, 6.45) is 0. The van der Waals surface area contributed by atoms with Crippen molar-refractivity contribution in [2.75, 3.05) is 13.7 Å². The lowest BCUT2D eigenvalue weighted by molar-refractivity contribution is 0.0981. The number of hydrogen-bond acceptors (Lipinski definition) is 5. The van der Waals surface area contributed by atoms with E-state index >= 15 is 0 Å². The van der Waals surface area contributed by atoms with Gasteiger partial charge in [-0.1, -0.05) is 47.5 Å². The zero-order valence-corrected chi connectivity index (χ0v) is 25.8. The smallest absolute Gasteiger partial charge is 0.264 e. The zero-order chi connectivity index (χ0) is 30.3. The minimum atomic E-state index is -4.09. The van der Waals surface area contributed by atoms with Crippen molar-refractivity contribution < 1.29 is 17.9 Å². The summed E-state index contributed by atoms with van der Waals surface area (Å²) >= 11 is 12.3. The van der Waals surface area contributed by atoms with E-state index in [1.807, 2.05) is 12.1 Å². The van der Waals surface area contributed by atoms with Crippen LogP contribution >= 0.6 is 23.2 Å². The summed E-state index contributed by atoms with van der Waals surface area (Å²) in [5.74, 6) is -0.584.